The first-order valence-electron chi connectivity index (χ1n) is 31.6. The van der Waals surface area contributed by atoms with Crippen LogP contribution in [0.2, 0.25) is 0 Å². The Labute approximate surface area is 532 Å². The van der Waals surface area contributed by atoms with Gasteiger partial charge in [0.25, 0.3) is 0 Å². The summed E-state index contributed by atoms with van der Waals surface area (Å²) in [4.78, 5) is 4.82. The van der Waals surface area contributed by atoms with Gasteiger partial charge in [0, 0.05) is 54.5 Å². The van der Waals surface area contributed by atoms with Crippen molar-refractivity contribution in [3.63, 3.8) is 0 Å². The van der Waals surface area contributed by atoms with E-state index in [0.29, 0.717) is 33.5 Å². The molecule has 1 aliphatic heterocycles. The van der Waals surface area contributed by atoms with Crippen LogP contribution in [0.15, 0.2) is 258 Å². The van der Waals surface area contributed by atoms with Crippen LogP contribution in [0.3, 0.4) is 0 Å². The second-order valence-electron chi connectivity index (χ2n) is 26.9. The number of fused-ring (bicyclic) bond motifs is 22. The summed E-state index contributed by atoms with van der Waals surface area (Å²) >= 11 is 0. The van der Waals surface area contributed by atoms with Gasteiger partial charge in [0.2, 0.25) is 0 Å². The summed E-state index contributed by atoms with van der Waals surface area (Å²) in [6.45, 7) is 13.6. The van der Waals surface area contributed by atoms with Crippen LogP contribution in [-0.2, 0) is 16.2 Å². The van der Waals surface area contributed by atoms with Gasteiger partial charge in [0.1, 0.15) is 12.1 Å². The van der Waals surface area contributed by atoms with Gasteiger partial charge in [0.05, 0.1) is 56.0 Å². The zero-order valence-corrected chi connectivity index (χ0v) is 51.7. The highest BCUT2D eigenvalue weighted by Crippen LogP contribution is 2.66. The summed E-state index contributed by atoms with van der Waals surface area (Å²) in [5.41, 5.74) is 20.9. The molecule has 16 aromatic rings. The smallest absolute Gasteiger partial charge is 0.159 e. The lowest BCUT2D eigenvalue weighted by Crippen LogP contribution is -2.34. The summed E-state index contributed by atoms with van der Waals surface area (Å²) in [5.74, 6) is 0. The third kappa shape index (κ3) is 7.25. The van der Waals surface area contributed by atoms with Crippen LogP contribution in [-0.4, -0.2) is 4.57 Å². The Bertz CT molecular complexity index is 5670. The van der Waals surface area contributed by atoms with E-state index < -0.39 is 5.41 Å². The summed E-state index contributed by atoms with van der Waals surface area (Å²) in [7, 11) is 0. The number of hydrogen-bond acceptors (Lipinski definition) is 6. The largest absolute Gasteiger partial charge is 0.452 e. The van der Waals surface area contributed by atoms with Gasteiger partial charge in [-0.25, -0.2) is 0 Å². The van der Waals surface area contributed by atoms with Gasteiger partial charge < -0.3 is 23.2 Å². The molecule has 13 aromatic carbocycles. The molecule has 7 nitrogen and oxygen atoms in total. The molecule has 0 unspecified atom stereocenters. The first-order valence-corrected chi connectivity index (χ1v) is 31.6. The molecular formula is C85H59N5O2. The van der Waals surface area contributed by atoms with E-state index in [1.807, 2.05) is 24.3 Å². The minimum absolute atomic E-state index is 0.0985. The quantitative estimate of drug-likeness (QED) is 0.165. The Morgan fingerprint density at radius 3 is 1.23 bits per heavy atom. The molecule has 1 spiro atoms. The topological polar surface area (TPSA) is 85.3 Å². The molecule has 92 heavy (non-hydrogen) atoms. The van der Waals surface area contributed by atoms with E-state index in [0.717, 1.165) is 105 Å². The van der Waals surface area contributed by atoms with Crippen molar-refractivity contribution < 1.29 is 8.83 Å². The van der Waals surface area contributed by atoms with Crippen LogP contribution >= 0.6 is 0 Å². The van der Waals surface area contributed by atoms with E-state index in [1.165, 1.54) is 44.1 Å². The van der Waals surface area contributed by atoms with E-state index in [-0.39, 0.29) is 10.8 Å². The number of hydrogen-bond donors (Lipinski definition) is 0. The average molecular weight is 1180 g/mol. The number of aromatic nitrogens is 1. The van der Waals surface area contributed by atoms with Crippen LogP contribution in [0.4, 0.5) is 34.1 Å². The fourth-order valence-electron chi connectivity index (χ4n) is 15.8. The normalized spacial score (nSPS) is 13.2. The van der Waals surface area contributed by atoms with Crippen molar-refractivity contribution in [2.24, 2.45) is 0 Å². The molecule has 0 N–H and O–H groups in total. The van der Waals surface area contributed by atoms with Gasteiger partial charge >= 0.3 is 0 Å². The molecule has 0 radical (unpaired) electrons. The standard InChI is InChI=1S/C85H59N5O2/c1-83(2,3)52-38-42-54(43-39-52)88(72-36-18-30-64-62-28-15-20-50(48-86)79(62)91-81(64)72)74-46-68-76(59-25-9-7-22-56(59)74)77-60-26-10-8-23-57(60)75(47-69(77)85(68)66-32-12-14-35-71(66)90-70-34-13-11-24-58(70)61-27-17-33-67(85)78(61)90)89(55-44-40-53(41-45-55)84(4,5)6)73-37-19-31-65-63-29-16-21-51(49-87)80(63)92-82(65)73/h7-47H,1-6H3. The molecule has 0 saturated heterocycles. The number of rotatable bonds is 6. The van der Waals surface area contributed by atoms with Crippen LogP contribution < -0.4 is 9.80 Å². The highest BCUT2D eigenvalue weighted by atomic mass is 16.3. The molecule has 1 aliphatic carbocycles. The van der Waals surface area contributed by atoms with Crippen molar-refractivity contribution in [1.82, 2.24) is 4.57 Å². The fourth-order valence-corrected chi connectivity index (χ4v) is 15.8. The maximum atomic E-state index is 10.5. The van der Waals surface area contributed by atoms with Gasteiger partial charge in [-0.2, -0.15) is 10.5 Å². The Kier molecular flexibility index (Phi) is 11.1. The molecule has 4 heterocycles. The zero-order chi connectivity index (χ0) is 62.1. The van der Waals surface area contributed by atoms with Crippen molar-refractivity contribution in [3.05, 3.63) is 293 Å². The predicted octanol–water partition coefficient (Wildman–Crippen LogP) is 22.8. The highest BCUT2D eigenvalue weighted by Gasteiger charge is 2.53. The molecule has 18 rings (SSSR count). The lowest BCUT2D eigenvalue weighted by atomic mass is 9.65. The number of para-hydroxylation sites is 7. The van der Waals surface area contributed by atoms with Crippen molar-refractivity contribution in [3.8, 4) is 29.0 Å². The summed E-state index contributed by atoms with van der Waals surface area (Å²) in [6.07, 6.45) is 0. The Morgan fingerprint density at radius 1 is 0.348 bits per heavy atom. The predicted molar refractivity (Wildman–Crippen MR) is 377 cm³/mol. The van der Waals surface area contributed by atoms with Gasteiger partial charge in [-0.05, 0) is 139 Å². The highest BCUT2D eigenvalue weighted by molar-refractivity contribution is 6.22. The van der Waals surface area contributed by atoms with Crippen molar-refractivity contribution in [2.75, 3.05) is 9.80 Å². The third-order valence-electron chi connectivity index (χ3n) is 19.9. The number of anilines is 6. The third-order valence-corrected chi connectivity index (χ3v) is 19.9. The number of furan rings is 2. The van der Waals surface area contributed by atoms with Crippen LogP contribution in [0.5, 0.6) is 0 Å². The fraction of sp³-hybridized carbons (Fsp3) is 0.106. The first-order chi connectivity index (χ1) is 44.8. The first kappa shape index (κ1) is 53.4. The molecule has 0 saturated carbocycles. The SMILES string of the molecule is CC(C)(C)c1ccc(N(c2cc3c(c4ccccc24)-c2c(cc(N(c4ccc(C(C)(C)C)cc4)c4cccc5c4oc4c(C#N)cccc45)c4ccccc24)C32c3ccccc3-n3c4ccccc4c4cccc2c43)c2cccc3c2oc2c(C#N)cccc23)cc1. The number of benzene rings is 13. The Balaban J connectivity index is 1.02. The van der Waals surface area contributed by atoms with Crippen LogP contribution in [0, 0.1) is 22.7 Å². The minimum Gasteiger partial charge on any atom is -0.452 e. The molecule has 436 valence electrons. The monoisotopic (exact) mass is 1180 g/mol. The maximum Gasteiger partial charge on any atom is 0.159 e. The van der Waals surface area contributed by atoms with E-state index in [4.69, 9.17) is 8.83 Å². The molecule has 7 heteroatoms. The van der Waals surface area contributed by atoms with Crippen molar-refractivity contribution in [2.45, 2.75) is 57.8 Å². The zero-order valence-electron chi connectivity index (χ0n) is 51.7. The van der Waals surface area contributed by atoms with Crippen LogP contribution in [0.1, 0.15) is 86.1 Å². The summed E-state index contributed by atoms with van der Waals surface area (Å²) < 4.78 is 16.7. The van der Waals surface area contributed by atoms with E-state index >= 15 is 0 Å². The summed E-state index contributed by atoms with van der Waals surface area (Å²) in [6, 6.07) is 95.4. The van der Waals surface area contributed by atoms with E-state index in [9.17, 15) is 10.5 Å². The Morgan fingerprint density at radius 2 is 0.739 bits per heavy atom. The molecule has 0 fully saturated rings. The molecule has 0 bridgehead atoms. The van der Waals surface area contributed by atoms with Gasteiger partial charge in [0.15, 0.2) is 22.3 Å². The second kappa shape index (κ2) is 19.2. The molecular weight excluding hydrogens is 1120 g/mol. The van der Waals surface area contributed by atoms with Crippen molar-refractivity contribution >= 4 is 121 Å². The number of nitrogens with zero attached hydrogens (tertiary/aromatic N) is 5. The average Bonchev–Trinajstić information content (AvgIpc) is 1.47. The lowest BCUT2D eigenvalue weighted by Gasteiger charge is -2.40. The summed E-state index contributed by atoms with van der Waals surface area (Å²) in [5, 5.41) is 31.5. The molecule has 2 aliphatic rings. The van der Waals surface area contributed by atoms with Gasteiger partial charge in [-0.3, -0.25) is 0 Å². The molecule has 0 amide bonds. The number of nitriles is 2. The van der Waals surface area contributed by atoms with E-state index in [2.05, 4.69) is 293 Å². The second-order valence-corrected chi connectivity index (χ2v) is 26.9. The Hall–Kier alpha value is -11.6. The van der Waals surface area contributed by atoms with Gasteiger partial charge in [-0.15, -0.1) is 0 Å². The minimum atomic E-state index is -0.966. The van der Waals surface area contributed by atoms with E-state index in [1.54, 1.807) is 0 Å². The maximum absolute atomic E-state index is 10.5. The lowest BCUT2D eigenvalue weighted by molar-refractivity contribution is 0.590. The van der Waals surface area contributed by atoms with Gasteiger partial charge in [-0.1, -0.05) is 217 Å². The molecule has 3 aromatic heterocycles. The van der Waals surface area contributed by atoms with Crippen LogP contribution in [0.25, 0.3) is 104 Å². The van der Waals surface area contributed by atoms with Crippen molar-refractivity contribution in [1.29, 1.82) is 10.5 Å². The molecule has 0 atom stereocenters.